The molecule has 4 aromatic carbocycles. The van der Waals surface area contributed by atoms with Gasteiger partial charge in [-0.3, -0.25) is 4.79 Å². The van der Waals surface area contributed by atoms with Crippen LogP contribution < -0.4 is 5.32 Å². The molecule has 5 nitrogen and oxygen atoms in total. The van der Waals surface area contributed by atoms with Gasteiger partial charge in [0.25, 0.3) is 0 Å². The van der Waals surface area contributed by atoms with Crippen LogP contribution in [0.2, 0.25) is 0 Å². The topological polar surface area (TPSA) is 90.2 Å². The number of hydrogen-bond acceptors (Lipinski definition) is 3. The van der Waals surface area contributed by atoms with E-state index >= 15 is 0 Å². The van der Waals surface area contributed by atoms with Crippen molar-refractivity contribution in [3.05, 3.63) is 143 Å². The largest absolute Gasteiger partial charge is 0.480 e. The van der Waals surface area contributed by atoms with Crippen LogP contribution in [0.3, 0.4) is 0 Å². The molecule has 0 heterocycles. The van der Waals surface area contributed by atoms with Gasteiger partial charge in [0, 0.05) is 6.42 Å². The Morgan fingerprint density at radius 1 is 0.743 bits per heavy atom. The molecule has 0 aliphatic heterocycles. The van der Waals surface area contributed by atoms with Crippen molar-refractivity contribution in [3.63, 3.8) is 0 Å². The Labute approximate surface area is 204 Å². The highest BCUT2D eigenvalue weighted by Crippen LogP contribution is 2.39. The van der Waals surface area contributed by atoms with Crippen LogP contribution in [-0.2, 0) is 21.4 Å². The molecule has 4 aromatic rings. The molecule has 0 aliphatic carbocycles. The Morgan fingerprint density at radius 3 is 1.60 bits per heavy atom. The van der Waals surface area contributed by atoms with Crippen molar-refractivity contribution in [2.45, 2.75) is 17.9 Å². The summed E-state index contributed by atoms with van der Waals surface area (Å²) in [6.07, 6.45) is -0.0146. The minimum atomic E-state index is -1.29. The van der Waals surface area contributed by atoms with Crippen molar-refractivity contribution < 1.29 is 14.7 Å². The Hall–Kier alpha value is -4.69. The summed E-state index contributed by atoms with van der Waals surface area (Å²) < 4.78 is 0. The summed E-state index contributed by atoms with van der Waals surface area (Å²) in [6.45, 7) is 0. The maximum absolute atomic E-state index is 14.3. The predicted molar refractivity (Wildman–Crippen MR) is 134 cm³/mol. The summed E-state index contributed by atoms with van der Waals surface area (Å²) in [5.74, 6) is -1.63. The van der Waals surface area contributed by atoms with Crippen LogP contribution in [-0.4, -0.2) is 23.0 Å². The molecule has 0 radical (unpaired) electrons. The average molecular weight is 461 g/mol. The summed E-state index contributed by atoms with van der Waals surface area (Å²) >= 11 is 0. The zero-order valence-electron chi connectivity index (χ0n) is 19.0. The highest BCUT2D eigenvalue weighted by Gasteiger charge is 2.45. The maximum atomic E-state index is 14.3. The third kappa shape index (κ3) is 4.68. The Kier molecular flexibility index (Phi) is 7.04. The van der Waals surface area contributed by atoms with Gasteiger partial charge in [0.1, 0.15) is 11.5 Å². The first kappa shape index (κ1) is 23.5. The van der Waals surface area contributed by atoms with Gasteiger partial charge in [-0.25, -0.2) is 4.79 Å². The fraction of sp³-hybridized carbons (Fsp3) is 0.100. The molecule has 0 saturated carbocycles. The standard InChI is InChI=1S/C30H24N2O3/c31-21-23-13-11-10-12-22(23)20-27(28(33)34)32-29(35)30(24-14-4-1-5-15-24,25-16-6-2-7-17-25)26-18-8-3-9-19-26/h1-19,27H,20H2,(H,32,35)(H,33,34)/t27-/m1/s1. The van der Waals surface area contributed by atoms with Crippen LogP contribution in [0.5, 0.6) is 0 Å². The number of carbonyl (C=O) groups excluding carboxylic acids is 1. The number of rotatable bonds is 8. The van der Waals surface area contributed by atoms with E-state index in [1.165, 1.54) is 0 Å². The van der Waals surface area contributed by atoms with Crippen LogP contribution in [0.4, 0.5) is 0 Å². The van der Waals surface area contributed by atoms with Crippen molar-refractivity contribution in [3.8, 4) is 6.07 Å². The first-order chi connectivity index (χ1) is 17.1. The monoisotopic (exact) mass is 460 g/mol. The van der Waals surface area contributed by atoms with Crippen LogP contribution in [0.1, 0.15) is 27.8 Å². The lowest BCUT2D eigenvalue weighted by molar-refractivity contribution is -0.142. The van der Waals surface area contributed by atoms with Gasteiger partial charge in [0.05, 0.1) is 11.6 Å². The molecule has 5 heteroatoms. The van der Waals surface area contributed by atoms with Crippen LogP contribution in [0.15, 0.2) is 115 Å². The molecular formula is C30H24N2O3. The predicted octanol–water partition coefficient (Wildman–Crippen LogP) is 4.70. The van der Waals surface area contributed by atoms with Crippen LogP contribution in [0.25, 0.3) is 0 Å². The van der Waals surface area contributed by atoms with Crippen molar-refractivity contribution >= 4 is 11.9 Å². The van der Waals surface area contributed by atoms with Gasteiger partial charge < -0.3 is 10.4 Å². The molecule has 0 saturated heterocycles. The second kappa shape index (κ2) is 10.5. The lowest BCUT2D eigenvalue weighted by Gasteiger charge is -2.35. The number of carboxylic acid groups (broad SMARTS) is 1. The molecule has 0 aromatic heterocycles. The van der Waals surface area contributed by atoms with E-state index in [-0.39, 0.29) is 6.42 Å². The van der Waals surface area contributed by atoms with Crippen molar-refractivity contribution in [1.29, 1.82) is 5.26 Å². The van der Waals surface area contributed by atoms with E-state index in [9.17, 15) is 20.0 Å². The van der Waals surface area contributed by atoms with Gasteiger partial charge in [-0.1, -0.05) is 109 Å². The molecule has 1 amide bonds. The Balaban J connectivity index is 1.85. The summed E-state index contributed by atoms with van der Waals surface area (Å²) in [7, 11) is 0. The normalized spacial score (nSPS) is 11.7. The van der Waals surface area contributed by atoms with Gasteiger partial charge in [0.2, 0.25) is 5.91 Å². The number of nitriles is 1. The summed E-state index contributed by atoms with van der Waals surface area (Å²) in [6, 6.07) is 35.7. The van der Waals surface area contributed by atoms with E-state index in [1.54, 1.807) is 24.3 Å². The quantitative estimate of drug-likeness (QED) is 0.373. The third-order valence-electron chi connectivity index (χ3n) is 6.13. The molecule has 0 aliphatic rings. The molecule has 0 unspecified atom stereocenters. The molecule has 0 bridgehead atoms. The van der Waals surface area contributed by atoms with Gasteiger partial charge in [-0.2, -0.15) is 5.26 Å². The number of aliphatic carboxylic acids is 1. The van der Waals surface area contributed by atoms with Gasteiger partial charge >= 0.3 is 5.97 Å². The number of carbonyl (C=O) groups is 2. The van der Waals surface area contributed by atoms with Gasteiger partial charge in [-0.15, -0.1) is 0 Å². The number of nitrogens with one attached hydrogen (secondary N) is 1. The molecule has 1 atom stereocenters. The SMILES string of the molecule is N#Cc1ccccc1C[C@@H](NC(=O)C(c1ccccc1)(c1ccccc1)c1ccccc1)C(=O)O. The zero-order valence-corrected chi connectivity index (χ0v) is 19.0. The number of carboxylic acids is 1. The fourth-order valence-corrected chi connectivity index (χ4v) is 4.45. The molecule has 35 heavy (non-hydrogen) atoms. The van der Waals surface area contributed by atoms with E-state index < -0.39 is 23.3 Å². The summed E-state index contributed by atoms with van der Waals surface area (Å²) in [5.41, 5.74) is 1.82. The Morgan fingerprint density at radius 2 is 1.17 bits per heavy atom. The average Bonchev–Trinajstić information content (AvgIpc) is 2.91. The smallest absolute Gasteiger partial charge is 0.326 e. The fourth-order valence-electron chi connectivity index (χ4n) is 4.45. The van der Waals surface area contributed by atoms with E-state index in [0.717, 1.165) is 16.7 Å². The second-order valence-electron chi connectivity index (χ2n) is 8.19. The lowest BCUT2D eigenvalue weighted by atomic mass is 9.68. The van der Waals surface area contributed by atoms with Gasteiger partial charge in [-0.05, 0) is 28.3 Å². The lowest BCUT2D eigenvalue weighted by Crippen LogP contribution is -2.52. The maximum Gasteiger partial charge on any atom is 0.326 e. The summed E-state index contributed by atoms with van der Waals surface area (Å²) in [4.78, 5) is 26.6. The van der Waals surface area contributed by atoms with E-state index in [2.05, 4.69) is 11.4 Å². The molecule has 0 fully saturated rings. The van der Waals surface area contributed by atoms with Crippen LogP contribution >= 0.6 is 0 Å². The van der Waals surface area contributed by atoms with Crippen molar-refractivity contribution in [1.82, 2.24) is 5.32 Å². The van der Waals surface area contributed by atoms with Crippen molar-refractivity contribution in [2.75, 3.05) is 0 Å². The third-order valence-corrected chi connectivity index (χ3v) is 6.13. The highest BCUT2D eigenvalue weighted by atomic mass is 16.4. The van der Waals surface area contributed by atoms with Crippen molar-refractivity contribution in [2.24, 2.45) is 0 Å². The minimum absolute atomic E-state index is 0.0146. The highest BCUT2D eigenvalue weighted by molar-refractivity contribution is 5.98. The Bertz CT molecular complexity index is 1250. The van der Waals surface area contributed by atoms with Gasteiger partial charge in [0.15, 0.2) is 0 Å². The molecule has 0 spiro atoms. The minimum Gasteiger partial charge on any atom is -0.480 e. The summed E-state index contributed by atoms with van der Waals surface area (Å²) in [5, 5.41) is 22.3. The molecule has 172 valence electrons. The van der Waals surface area contributed by atoms with E-state index in [1.807, 2.05) is 91.0 Å². The van der Waals surface area contributed by atoms with E-state index in [4.69, 9.17) is 0 Å². The second-order valence-corrected chi connectivity index (χ2v) is 8.19. The first-order valence-electron chi connectivity index (χ1n) is 11.3. The van der Waals surface area contributed by atoms with E-state index in [0.29, 0.717) is 11.1 Å². The number of amides is 1. The van der Waals surface area contributed by atoms with Crippen LogP contribution in [0, 0.1) is 11.3 Å². The number of benzene rings is 4. The number of hydrogen-bond donors (Lipinski definition) is 2. The first-order valence-corrected chi connectivity index (χ1v) is 11.3. The number of nitrogens with zero attached hydrogens (tertiary/aromatic N) is 1. The molecule has 4 rings (SSSR count). The molecule has 2 N–H and O–H groups in total. The molecular weight excluding hydrogens is 436 g/mol. The zero-order chi connectivity index (χ0) is 24.7.